The van der Waals surface area contributed by atoms with Crippen molar-refractivity contribution in [1.29, 1.82) is 0 Å². The number of carbonyl (C=O) groups excluding carboxylic acids is 5. The van der Waals surface area contributed by atoms with Crippen LogP contribution in [0.25, 0.3) is 0 Å². The van der Waals surface area contributed by atoms with Crippen molar-refractivity contribution >= 4 is 29.4 Å². The number of ketones is 2. The lowest BCUT2D eigenvalue weighted by atomic mass is 9.54. The second-order valence-corrected chi connectivity index (χ2v) is 12.0. The van der Waals surface area contributed by atoms with Crippen LogP contribution in [0, 0.1) is 29.6 Å². The SMILES string of the molecule is CCCCOC(=O)CCC(=O)O[C@H]1[C@H]2C(=C(O)[C@](O)(C(=O)C(C)C(N)=O)[C@@H]1[C@@H](CO)N(C)C)C(=O)C1C(=CC=CC1O)[C@@H]2C. The Morgan fingerprint density at radius 2 is 1.80 bits per heavy atom. The second-order valence-electron chi connectivity index (χ2n) is 12.0. The van der Waals surface area contributed by atoms with Gasteiger partial charge in [0.05, 0.1) is 49.9 Å². The summed E-state index contributed by atoms with van der Waals surface area (Å²) in [6.07, 6.45) is 2.50. The van der Waals surface area contributed by atoms with Crippen LogP contribution in [0.5, 0.6) is 0 Å². The normalized spacial score (nSPS) is 31.0. The molecule has 1 amide bonds. The predicted octanol–water partition coefficient (Wildman–Crippen LogP) is 0.116. The molecule has 0 spiro atoms. The molecule has 9 atom stereocenters. The summed E-state index contributed by atoms with van der Waals surface area (Å²) in [4.78, 5) is 66.9. The summed E-state index contributed by atoms with van der Waals surface area (Å²) in [5.74, 6) is -12.0. The molecule has 0 radical (unpaired) electrons. The first kappa shape index (κ1) is 35.1. The van der Waals surface area contributed by atoms with E-state index in [9.17, 15) is 44.4 Å². The quantitative estimate of drug-likeness (QED) is 0.105. The fourth-order valence-corrected chi connectivity index (χ4v) is 6.57. The molecule has 3 rings (SSSR count). The zero-order valence-corrected chi connectivity index (χ0v) is 25.8. The molecule has 13 nitrogen and oxygen atoms in total. The van der Waals surface area contributed by atoms with Crippen molar-refractivity contribution in [2.75, 3.05) is 27.3 Å². The Morgan fingerprint density at radius 1 is 1.16 bits per heavy atom. The minimum Gasteiger partial charge on any atom is -0.508 e. The summed E-state index contributed by atoms with van der Waals surface area (Å²) < 4.78 is 11.0. The van der Waals surface area contributed by atoms with E-state index in [4.69, 9.17) is 15.2 Å². The number of aliphatic hydroxyl groups excluding tert-OH is 3. The van der Waals surface area contributed by atoms with Crippen molar-refractivity contribution in [2.24, 2.45) is 35.3 Å². The highest BCUT2D eigenvalue weighted by molar-refractivity contribution is 6.09. The molecule has 0 aliphatic heterocycles. The maximum Gasteiger partial charge on any atom is 0.306 e. The molecule has 3 aliphatic rings. The van der Waals surface area contributed by atoms with Crippen molar-refractivity contribution in [3.63, 3.8) is 0 Å². The molecule has 0 aromatic heterocycles. The van der Waals surface area contributed by atoms with Crippen LogP contribution in [0.15, 0.2) is 35.1 Å². The molecule has 244 valence electrons. The number of hydrogen-bond donors (Lipinski definition) is 5. The topological polar surface area (TPSA) is 214 Å². The van der Waals surface area contributed by atoms with Crippen molar-refractivity contribution < 1.29 is 53.9 Å². The Bertz CT molecular complexity index is 1250. The van der Waals surface area contributed by atoms with Gasteiger partial charge in [0.15, 0.2) is 17.2 Å². The van der Waals surface area contributed by atoms with E-state index in [1.807, 2.05) is 6.92 Å². The van der Waals surface area contributed by atoms with Gasteiger partial charge in [0.25, 0.3) is 0 Å². The van der Waals surface area contributed by atoms with Gasteiger partial charge in [-0.15, -0.1) is 0 Å². The number of nitrogens with zero attached hydrogens (tertiary/aromatic N) is 1. The zero-order valence-electron chi connectivity index (χ0n) is 25.8. The number of ether oxygens (including phenoxy) is 2. The molecule has 13 heteroatoms. The van der Waals surface area contributed by atoms with Crippen molar-refractivity contribution in [2.45, 2.75) is 70.3 Å². The van der Waals surface area contributed by atoms with Gasteiger partial charge in [-0.1, -0.05) is 44.1 Å². The molecule has 3 aliphatic carbocycles. The van der Waals surface area contributed by atoms with Gasteiger partial charge in [-0.25, -0.2) is 0 Å². The lowest BCUT2D eigenvalue weighted by Crippen LogP contribution is -2.68. The third-order valence-electron chi connectivity index (χ3n) is 9.07. The van der Waals surface area contributed by atoms with Crippen molar-refractivity contribution in [1.82, 2.24) is 4.90 Å². The van der Waals surface area contributed by atoms with Gasteiger partial charge in [-0.3, -0.25) is 24.0 Å². The first-order valence-corrected chi connectivity index (χ1v) is 14.9. The lowest BCUT2D eigenvalue weighted by molar-refractivity contribution is -0.187. The van der Waals surface area contributed by atoms with Gasteiger partial charge in [-0.2, -0.15) is 0 Å². The molecule has 1 saturated carbocycles. The van der Waals surface area contributed by atoms with Crippen LogP contribution in [0.4, 0.5) is 0 Å². The van der Waals surface area contributed by atoms with Gasteiger partial charge in [0, 0.05) is 17.5 Å². The number of allylic oxidation sites excluding steroid dienone is 2. The van der Waals surface area contributed by atoms with Crippen LogP contribution in [0.1, 0.15) is 46.5 Å². The van der Waals surface area contributed by atoms with E-state index in [0.717, 1.165) is 13.3 Å². The summed E-state index contributed by atoms with van der Waals surface area (Å²) in [5, 5.41) is 45.2. The van der Waals surface area contributed by atoms with Crippen LogP contribution in [0.2, 0.25) is 0 Å². The number of Topliss-reactive ketones (excluding diaryl/α,β-unsaturated/α-hetero) is 2. The Balaban J connectivity index is 2.22. The predicted molar refractivity (Wildman–Crippen MR) is 155 cm³/mol. The van der Waals surface area contributed by atoms with Gasteiger partial charge in [0.2, 0.25) is 5.91 Å². The van der Waals surface area contributed by atoms with Gasteiger partial charge >= 0.3 is 11.9 Å². The number of fused-ring (bicyclic) bond motifs is 2. The van der Waals surface area contributed by atoms with Crippen molar-refractivity contribution in [3.8, 4) is 0 Å². The third-order valence-corrected chi connectivity index (χ3v) is 9.07. The molecule has 1 fully saturated rings. The fourth-order valence-electron chi connectivity index (χ4n) is 6.57. The lowest BCUT2D eigenvalue weighted by Gasteiger charge is -2.54. The van der Waals surface area contributed by atoms with Crippen LogP contribution in [-0.4, -0.2) is 106 Å². The maximum absolute atomic E-state index is 14.0. The standard InChI is InChI=1S/C31H44N2O11/c1-6-7-13-43-20(36)11-12-21(37)44-27-22-15(2)17-9-8-10-19(35)23(17)26(38)24(22)29(40)31(42,28(39)16(3)30(32)41)25(27)18(14-34)33(4)5/h8-10,15-16,18-19,22-23,25,27,34-35,40,42H,6-7,11-14H2,1-5H3,(H2,32,41)/t15-,16?,18+,19?,22+,23?,25+,27-,31+/m0/s1. The number of likely N-dealkylation sites (N-methyl/N-ethyl adjacent to an activating group) is 1. The molecule has 0 aromatic rings. The Morgan fingerprint density at radius 3 is 2.36 bits per heavy atom. The average molecular weight is 621 g/mol. The van der Waals surface area contributed by atoms with E-state index in [1.54, 1.807) is 19.1 Å². The number of primary amides is 1. The highest BCUT2D eigenvalue weighted by Crippen LogP contribution is 2.54. The van der Waals surface area contributed by atoms with E-state index < -0.39 is 107 Å². The number of esters is 2. The van der Waals surface area contributed by atoms with Gasteiger partial charge in [0.1, 0.15) is 11.9 Å². The average Bonchev–Trinajstić information content (AvgIpc) is 2.97. The number of aliphatic hydroxyl groups is 4. The molecule has 44 heavy (non-hydrogen) atoms. The molecular weight excluding hydrogens is 576 g/mol. The number of amides is 1. The minimum atomic E-state index is -3.02. The minimum absolute atomic E-state index is 0.189. The Labute approximate surface area is 256 Å². The fraction of sp³-hybridized carbons (Fsp3) is 0.645. The third kappa shape index (κ3) is 6.37. The van der Waals surface area contributed by atoms with E-state index >= 15 is 0 Å². The molecule has 0 heterocycles. The Kier molecular flexibility index (Phi) is 11.3. The van der Waals surface area contributed by atoms with Crippen LogP contribution in [0.3, 0.4) is 0 Å². The largest absolute Gasteiger partial charge is 0.508 e. The zero-order chi connectivity index (χ0) is 33.1. The summed E-state index contributed by atoms with van der Waals surface area (Å²) >= 11 is 0. The number of nitrogens with two attached hydrogens (primary N) is 1. The van der Waals surface area contributed by atoms with E-state index in [1.165, 1.54) is 25.1 Å². The number of carbonyl (C=O) groups is 5. The smallest absolute Gasteiger partial charge is 0.306 e. The first-order chi connectivity index (χ1) is 20.6. The number of rotatable bonds is 13. The van der Waals surface area contributed by atoms with E-state index in [2.05, 4.69) is 0 Å². The summed E-state index contributed by atoms with van der Waals surface area (Å²) in [6.45, 7) is 4.24. The van der Waals surface area contributed by atoms with Crippen molar-refractivity contribution in [3.05, 3.63) is 35.1 Å². The summed E-state index contributed by atoms with van der Waals surface area (Å²) in [7, 11) is 3.06. The van der Waals surface area contributed by atoms with E-state index in [-0.39, 0.29) is 13.0 Å². The van der Waals surface area contributed by atoms with Crippen LogP contribution in [-0.2, 0) is 33.4 Å². The second kappa shape index (κ2) is 14.1. The first-order valence-electron chi connectivity index (χ1n) is 14.9. The monoisotopic (exact) mass is 620 g/mol. The maximum atomic E-state index is 14.0. The van der Waals surface area contributed by atoms with Crippen LogP contribution < -0.4 is 5.73 Å². The molecule has 0 aromatic carbocycles. The van der Waals surface area contributed by atoms with Gasteiger partial charge in [-0.05, 0) is 33.4 Å². The van der Waals surface area contributed by atoms with Gasteiger partial charge < -0.3 is 40.5 Å². The molecular formula is C31H44N2O11. The number of unbranched alkanes of at least 4 members (excludes halogenated alkanes) is 1. The van der Waals surface area contributed by atoms with E-state index in [0.29, 0.717) is 12.0 Å². The highest BCUT2D eigenvalue weighted by Gasteiger charge is 2.66. The summed E-state index contributed by atoms with van der Waals surface area (Å²) in [6, 6.07) is -1.16. The molecule has 0 bridgehead atoms. The Hall–Kier alpha value is -3.39. The summed E-state index contributed by atoms with van der Waals surface area (Å²) in [5.41, 5.74) is 2.44. The highest BCUT2D eigenvalue weighted by atomic mass is 16.5. The molecule has 3 unspecified atom stereocenters. The van der Waals surface area contributed by atoms with Crippen LogP contribution >= 0.6 is 0 Å². The number of hydrogen-bond acceptors (Lipinski definition) is 12. The molecule has 0 saturated heterocycles. The molecule has 6 N–H and O–H groups in total.